The van der Waals surface area contributed by atoms with Gasteiger partial charge in [0.05, 0.1) is 0 Å². The molecule has 2 heteroatoms. The van der Waals surface area contributed by atoms with E-state index in [0.717, 1.165) is 0 Å². The van der Waals surface area contributed by atoms with Crippen molar-refractivity contribution in [2.75, 3.05) is 6.79 Å². The standard InChI is InChI=1S/3C2H4.CH4O2/c3*1-2;2-1-3/h3*1-2H2;2-3H,1H2. The molecule has 0 rings (SSSR count). The molecule has 0 saturated carbocycles. The summed E-state index contributed by atoms with van der Waals surface area (Å²) in [7, 11) is 0. The van der Waals surface area contributed by atoms with Crippen molar-refractivity contribution < 1.29 is 10.2 Å². The molecule has 0 aromatic rings. The molecule has 0 aliphatic heterocycles. The summed E-state index contributed by atoms with van der Waals surface area (Å²) in [4.78, 5) is 0. The van der Waals surface area contributed by atoms with Crippen LogP contribution >= 0.6 is 0 Å². The Morgan fingerprint density at radius 1 is 0.667 bits per heavy atom. The van der Waals surface area contributed by atoms with Gasteiger partial charge in [0.1, 0.15) is 6.79 Å². The first-order valence-corrected chi connectivity index (χ1v) is 2.13. The van der Waals surface area contributed by atoms with Crippen LogP contribution in [0.5, 0.6) is 0 Å². The van der Waals surface area contributed by atoms with Crippen LogP contribution in [0.1, 0.15) is 0 Å². The normalized spacial score (nSPS) is 3.33. The first kappa shape index (κ1) is 24.2. The highest BCUT2D eigenvalue weighted by atomic mass is 16.5. The summed E-state index contributed by atoms with van der Waals surface area (Å²) < 4.78 is 0. The number of aliphatic hydroxyl groups excluding tert-OH is 1. The topological polar surface area (TPSA) is 40.5 Å². The SMILES string of the molecule is C=C.C=C.C=C.OCO. The zero-order valence-electron chi connectivity index (χ0n) is 5.84. The first-order chi connectivity index (χ1) is 4.41. The van der Waals surface area contributed by atoms with Crippen LogP contribution < -0.4 is 0 Å². The van der Waals surface area contributed by atoms with Crippen molar-refractivity contribution in [2.24, 2.45) is 0 Å². The summed E-state index contributed by atoms with van der Waals surface area (Å²) in [6.45, 7) is 17.2. The highest BCUT2D eigenvalue weighted by molar-refractivity contribution is 4.22. The van der Waals surface area contributed by atoms with Crippen LogP contribution in [0.25, 0.3) is 0 Å². The second-order valence-electron chi connectivity index (χ2n) is 0.141. The van der Waals surface area contributed by atoms with Crippen LogP contribution in [-0.4, -0.2) is 17.0 Å². The third-order valence-corrected chi connectivity index (χ3v) is 0. The molecule has 56 valence electrons. The van der Waals surface area contributed by atoms with Gasteiger partial charge in [-0.2, -0.15) is 0 Å². The van der Waals surface area contributed by atoms with Crippen molar-refractivity contribution in [1.82, 2.24) is 0 Å². The average Bonchev–Trinajstić information content (AvgIpc) is 2.01. The van der Waals surface area contributed by atoms with Gasteiger partial charge in [-0.1, -0.05) is 0 Å². The van der Waals surface area contributed by atoms with E-state index in [4.69, 9.17) is 10.2 Å². The smallest absolute Gasteiger partial charge is 0.140 e. The first-order valence-electron chi connectivity index (χ1n) is 2.13. The van der Waals surface area contributed by atoms with E-state index >= 15 is 0 Å². The zero-order chi connectivity index (χ0) is 8.71. The van der Waals surface area contributed by atoms with E-state index in [1.54, 1.807) is 0 Å². The van der Waals surface area contributed by atoms with Gasteiger partial charge in [-0.25, -0.2) is 0 Å². The average molecular weight is 132 g/mol. The number of rotatable bonds is 0. The second-order valence-corrected chi connectivity index (χ2v) is 0.141. The fraction of sp³-hybridized carbons (Fsp3) is 0.143. The summed E-state index contributed by atoms with van der Waals surface area (Å²) in [5, 5.41) is 14.2. The van der Waals surface area contributed by atoms with E-state index in [1.165, 1.54) is 0 Å². The Hall–Kier alpha value is -0.860. The lowest BCUT2D eigenvalue weighted by atomic mass is 11.3. The maximum Gasteiger partial charge on any atom is 0.140 e. The molecule has 0 radical (unpaired) electrons. The van der Waals surface area contributed by atoms with E-state index in [1.807, 2.05) is 0 Å². The van der Waals surface area contributed by atoms with Gasteiger partial charge in [-0.15, -0.1) is 39.5 Å². The Morgan fingerprint density at radius 2 is 0.667 bits per heavy atom. The van der Waals surface area contributed by atoms with Crippen molar-refractivity contribution in [3.8, 4) is 0 Å². The summed E-state index contributed by atoms with van der Waals surface area (Å²) >= 11 is 0. The highest BCUT2D eigenvalue weighted by Gasteiger charge is 1.32. The minimum absolute atomic E-state index is 0.750. The largest absolute Gasteiger partial charge is 0.371 e. The molecule has 0 aromatic heterocycles. The van der Waals surface area contributed by atoms with E-state index in [2.05, 4.69) is 39.5 Å². The lowest BCUT2D eigenvalue weighted by Gasteiger charge is -1.55. The number of aliphatic hydroxyl groups is 2. The molecule has 0 aliphatic rings. The molecule has 0 unspecified atom stereocenters. The highest BCUT2D eigenvalue weighted by Crippen LogP contribution is 1.17. The van der Waals surface area contributed by atoms with Crippen molar-refractivity contribution in [3.05, 3.63) is 39.5 Å². The Labute approximate surface area is 57.5 Å². The molecule has 0 atom stereocenters. The summed E-state index contributed by atoms with van der Waals surface area (Å²) in [6.07, 6.45) is 0. The van der Waals surface area contributed by atoms with Gasteiger partial charge in [0.15, 0.2) is 0 Å². The van der Waals surface area contributed by atoms with E-state index in [9.17, 15) is 0 Å². The van der Waals surface area contributed by atoms with Crippen molar-refractivity contribution in [1.29, 1.82) is 0 Å². The molecule has 0 spiro atoms. The van der Waals surface area contributed by atoms with Gasteiger partial charge in [0, 0.05) is 0 Å². The van der Waals surface area contributed by atoms with Crippen LogP contribution in [-0.2, 0) is 0 Å². The molecule has 0 saturated heterocycles. The van der Waals surface area contributed by atoms with E-state index in [0.29, 0.717) is 0 Å². The Bertz CT molecular complexity index is 18.1. The van der Waals surface area contributed by atoms with Crippen molar-refractivity contribution in [2.45, 2.75) is 0 Å². The van der Waals surface area contributed by atoms with Crippen molar-refractivity contribution in [3.63, 3.8) is 0 Å². The van der Waals surface area contributed by atoms with Gasteiger partial charge in [0.25, 0.3) is 0 Å². The molecule has 2 nitrogen and oxygen atoms in total. The van der Waals surface area contributed by atoms with Gasteiger partial charge >= 0.3 is 0 Å². The van der Waals surface area contributed by atoms with Gasteiger partial charge in [-0.3, -0.25) is 0 Å². The van der Waals surface area contributed by atoms with Gasteiger partial charge in [-0.05, 0) is 0 Å². The lowest BCUT2D eigenvalue weighted by molar-refractivity contribution is 0.0773. The quantitative estimate of drug-likeness (QED) is 0.385. The molecular weight excluding hydrogens is 116 g/mol. The second kappa shape index (κ2) is 13700. The van der Waals surface area contributed by atoms with Gasteiger partial charge in [0.2, 0.25) is 0 Å². The predicted octanol–water partition coefficient (Wildman–Crippen LogP) is 1.34. The van der Waals surface area contributed by atoms with Crippen LogP contribution in [0.4, 0.5) is 0 Å². The summed E-state index contributed by atoms with van der Waals surface area (Å²) in [6, 6.07) is 0. The molecule has 0 heterocycles. The maximum absolute atomic E-state index is 7.12. The van der Waals surface area contributed by atoms with Crippen molar-refractivity contribution >= 4 is 0 Å². The van der Waals surface area contributed by atoms with Crippen LogP contribution in [0, 0.1) is 0 Å². The zero-order valence-corrected chi connectivity index (χ0v) is 5.84. The molecule has 0 bridgehead atoms. The van der Waals surface area contributed by atoms with Crippen LogP contribution in [0.15, 0.2) is 39.5 Å². The number of hydrogen-bond donors (Lipinski definition) is 2. The van der Waals surface area contributed by atoms with Gasteiger partial charge < -0.3 is 10.2 Å². The maximum atomic E-state index is 7.12. The fourth-order valence-electron chi connectivity index (χ4n) is 0. The van der Waals surface area contributed by atoms with Crippen LogP contribution in [0.2, 0.25) is 0 Å². The molecule has 0 aliphatic carbocycles. The Kier molecular flexibility index (Phi) is 36900. The molecule has 9 heavy (non-hydrogen) atoms. The Morgan fingerprint density at radius 3 is 0.667 bits per heavy atom. The third-order valence-electron chi connectivity index (χ3n) is 0. The number of hydrogen-bond acceptors (Lipinski definition) is 2. The monoisotopic (exact) mass is 132 g/mol. The van der Waals surface area contributed by atoms with E-state index in [-0.39, 0.29) is 0 Å². The molecule has 2 N–H and O–H groups in total. The lowest BCUT2D eigenvalue weighted by Crippen LogP contribution is -1.66. The predicted molar refractivity (Wildman–Crippen MR) is 43.1 cm³/mol. The summed E-state index contributed by atoms with van der Waals surface area (Å²) in [5.41, 5.74) is 0. The Balaban J connectivity index is -0.0000000190. The fourth-order valence-corrected chi connectivity index (χ4v) is 0. The molecule has 0 aromatic carbocycles. The van der Waals surface area contributed by atoms with E-state index < -0.39 is 6.79 Å². The molecular formula is C7H16O2. The summed E-state index contributed by atoms with van der Waals surface area (Å²) in [5.74, 6) is 0. The van der Waals surface area contributed by atoms with Crippen LogP contribution in [0.3, 0.4) is 0 Å². The molecule has 0 fully saturated rings. The third kappa shape index (κ3) is 255. The molecule has 0 amide bonds. The minimum Gasteiger partial charge on any atom is -0.371 e. The minimum atomic E-state index is -0.750.